The summed E-state index contributed by atoms with van der Waals surface area (Å²) in [5.41, 5.74) is 1.35. The maximum Gasteiger partial charge on any atom is 0.284 e. The van der Waals surface area contributed by atoms with Gasteiger partial charge in [0.25, 0.3) is 8.27 Å². The fraction of sp³-hybridized carbons (Fsp3) is 0.455. The fourth-order valence-electron chi connectivity index (χ4n) is 1.22. The number of aryl methyl sites for hydroxylation is 1. The Morgan fingerprint density at radius 1 is 1.21 bits per heavy atom. The van der Waals surface area contributed by atoms with Crippen molar-refractivity contribution in [3.05, 3.63) is 29.8 Å². The van der Waals surface area contributed by atoms with Crippen molar-refractivity contribution in [3.8, 4) is 0 Å². The Balaban J connectivity index is 2.80. The van der Waals surface area contributed by atoms with Gasteiger partial charge in [-0.2, -0.15) is 0 Å². The second-order valence-corrected chi connectivity index (χ2v) is 7.05. The van der Waals surface area contributed by atoms with Crippen molar-refractivity contribution in [3.63, 3.8) is 0 Å². The highest BCUT2D eigenvalue weighted by Crippen LogP contribution is 2.04. The second-order valence-electron chi connectivity index (χ2n) is 4.50. The zero-order valence-electron chi connectivity index (χ0n) is 9.19. The predicted octanol–water partition coefficient (Wildman–Crippen LogP) is 2.32. The van der Waals surface area contributed by atoms with Crippen LogP contribution in [0.15, 0.2) is 24.3 Å². The van der Waals surface area contributed by atoms with Crippen LogP contribution in [0, 0.1) is 6.92 Å². The van der Waals surface area contributed by atoms with Crippen molar-refractivity contribution in [2.24, 2.45) is 0 Å². The molecule has 0 aliphatic carbocycles. The molecule has 77 valence electrons. The Labute approximate surface area is 92.9 Å². The summed E-state index contributed by atoms with van der Waals surface area (Å²) in [4.78, 5) is 3.44. The van der Waals surface area contributed by atoms with Gasteiger partial charge in [-0.25, -0.2) is 0 Å². The SMILES string of the molecule is Cc1ccccc1[Si](Cl)NC(C)(C)C. The Morgan fingerprint density at radius 2 is 1.79 bits per heavy atom. The van der Waals surface area contributed by atoms with Gasteiger partial charge in [-0.3, -0.25) is 0 Å². The first-order chi connectivity index (χ1) is 6.40. The Morgan fingerprint density at radius 3 is 2.29 bits per heavy atom. The molecule has 1 radical (unpaired) electrons. The van der Waals surface area contributed by atoms with Gasteiger partial charge in [-0.1, -0.05) is 24.3 Å². The second kappa shape index (κ2) is 4.47. The van der Waals surface area contributed by atoms with E-state index in [2.05, 4.69) is 44.8 Å². The molecule has 1 rings (SSSR count). The van der Waals surface area contributed by atoms with Gasteiger partial charge in [-0.15, -0.1) is 11.1 Å². The van der Waals surface area contributed by atoms with E-state index in [1.165, 1.54) is 10.8 Å². The lowest BCUT2D eigenvalue weighted by atomic mass is 10.1. The lowest BCUT2D eigenvalue weighted by Crippen LogP contribution is -2.50. The first-order valence-corrected chi connectivity index (χ1v) is 7.28. The number of hydrogen-bond acceptors (Lipinski definition) is 1. The molecule has 0 saturated heterocycles. The minimum Gasteiger partial charge on any atom is -0.317 e. The van der Waals surface area contributed by atoms with E-state index in [0.717, 1.165) is 0 Å². The molecule has 0 bridgehead atoms. The van der Waals surface area contributed by atoms with Crippen molar-refractivity contribution < 1.29 is 0 Å². The molecule has 0 heterocycles. The van der Waals surface area contributed by atoms with E-state index < -0.39 is 8.27 Å². The topological polar surface area (TPSA) is 12.0 Å². The molecule has 1 N–H and O–H groups in total. The third-order valence-electron chi connectivity index (χ3n) is 1.87. The monoisotopic (exact) mass is 226 g/mol. The van der Waals surface area contributed by atoms with Crippen molar-refractivity contribution in [1.82, 2.24) is 4.98 Å². The van der Waals surface area contributed by atoms with Crippen LogP contribution in [0.4, 0.5) is 0 Å². The molecule has 0 aliphatic heterocycles. The van der Waals surface area contributed by atoms with E-state index in [4.69, 9.17) is 11.1 Å². The largest absolute Gasteiger partial charge is 0.317 e. The quantitative estimate of drug-likeness (QED) is 0.603. The minimum atomic E-state index is -1.13. The van der Waals surface area contributed by atoms with Gasteiger partial charge in [0.15, 0.2) is 0 Å². The molecule has 0 aromatic heterocycles. The average Bonchev–Trinajstić information content (AvgIpc) is 2.01. The molecule has 0 amide bonds. The molecule has 3 heteroatoms. The summed E-state index contributed by atoms with van der Waals surface area (Å²) in [7, 11) is -1.13. The molecule has 1 nitrogen and oxygen atoms in total. The first-order valence-electron chi connectivity index (χ1n) is 4.77. The average molecular weight is 227 g/mol. The molecule has 1 aromatic rings. The summed E-state index contributed by atoms with van der Waals surface area (Å²) in [6.07, 6.45) is 0. The lowest BCUT2D eigenvalue weighted by molar-refractivity contribution is 0.523. The summed E-state index contributed by atoms with van der Waals surface area (Å²) in [6.45, 7) is 8.52. The summed E-state index contributed by atoms with van der Waals surface area (Å²) < 4.78 is 0. The standard InChI is InChI=1S/C11H17ClNSi/c1-9-7-5-6-8-10(9)14(12)13-11(2,3)4/h5-8,13H,1-4H3. The fourth-order valence-corrected chi connectivity index (χ4v) is 4.17. The summed E-state index contributed by atoms with van der Waals surface area (Å²) in [5.74, 6) is 0. The smallest absolute Gasteiger partial charge is 0.284 e. The van der Waals surface area contributed by atoms with E-state index in [1.54, 1.807) is 0 Å². The van der Waals surface area contributed by atoms with Gasteiger partial charge >= 0.3 is 0 Å². The number of halogens is 1. The molecular formula is C11H17ClNSi. The van der Waals surface area contributed by atoms with Gasteiger partial charge in [0.1, 0.15) is 0 Å². The van der Waals surface area contributed by atoms with Crippen molar-refractivity contribution in [2.45, 2.75) is 33.2 Å². The minimum absolute atomic E-state index is 0.0817. The maximum atomic E-state index is 6.39. The summed E-state index contributed by atoms with van der Waals surface area (Å²) in [5, 5.41) is 1.26. The normalized spacial score (nSPS) is 12.1. The lowest BCUT2D eigenvalue weighted by Gasteiger charge is -2.24. The van der Waals surface area contributed by atoms with Crippen LogP contribution in [0.5, 0.6) is 0 Å². The Kier molecular flexibility index (Phi) is 3.76. The van der Waals surface area contributed by atoms with E-state index in [-0.39, 0.29) is 5.54 Å². The van der Waals surface area contributed by atoms with Crippen molar-refractivity contribution in [1.29, 1.82) is 0 Å². The van der Waals surface area contributed by atoms with Gasteiger partial charge in [0, 0.05) is 5.54 Å². The number of nitrogens with one attached hydrogen (secondary N) is 1. The van der Waals surface area contributed by atoms with E-state index >= 15 is 0 Å². The molecule has 14 heavy (non-hydrogen) atoms. The van der Waals surface area contributed by atoms with Crippen molar-refractivity contribution in [2.75, 3.05) is 0 Å². The molecule has 0 fully saturated rings. The molecule has 1 aromatic carbocycles. The third-order valence-corrected chi connectivity index (χ3v) is 4.76. The van der Waals surface area contributed by atoms with E-state index in [0.29, 0.717) is 0 Å². The van der Waals surface area contributed by atoms with Gasteiger partial charge in [-0.05, 0) is 38.4 Å². The Bertz CT molecular complexity index is 306. The maximum absolute atomic E-state index is 6.39. The van der Waals surface area contributed by atoms with Crippen LogP contribution in [-0.2, 0) is 0 Å². The first kappa shape index (κ1) is 11.8. The predicted molar refractivity (Wildman–Crippen MR) is 65.3 cm³/mol. The van der Waals surface area contributed by atoms with Crippen LogP contribution in [0.25, 0.3) is 0 Å². The van der Waals surface area contributed by atoms with Crippen LogP contribution in [0.2, 0.25) is 0 Å². The van der Waals surface area contributed by atoms with Crippen LogP contribution in [0.3, 0.4) is 0 Å². The van der Waals surface area contributed by atoms with Gasteiger partial charge in [0.05, 0.1) is 0 Å². The highest BCUT2D eigenvalue weighted by Gasteiger charge is 2.20. The summed E-state index contributed by atoms with van der Waals surface area (Å²) in [6, 6.07) is 8.30. The number of benzene rings is 1. The number of hydrogen-bond donors (Lipinski definition) is 1. The molecule has 0 saturated carbocycles. The molecule has 0 aliphatic rings. The molecule has 0 spiro atoms. The van der Waals surface area contributed by atoms with Crippen LogP contribution < -0.4 is 10.2 Å². The van der Waals surface area contributed by atoms with Crippen LogP contribution in [-0.4, -0.2) is 13.8 Å². The zero-order valence-corrected chi connectivity index (χ0v) is 10.9. The van der Waals surface area contributed by atoms with E-state index in [9.17, 15) is 0 Å². The summed E-state index contributed by atoms with van der Waals surface area (Å²) >= 11 is 6.39. The van der Waals surface area contributed by atoms with Crippen LogP contribution >= 0.6 is 11.1 Å². The number of rotatable bonds is 2. The molecule has 0 unspecified atom stereocenters. The van der Waals surface area contributed by atoms with Crippen molar-refractivity contribution >= 4 is 24.5 Å². The van der Waals surface area contributed by atoms with Crippen LogP contribution in [0.1, 0.15) is 26.3 Å². The van der Waals surface area contributed by atoms with Gasteiger partial charge < -0.3 is 4.98 Å². The Hall–Kier alpha value is -0.313. The zero-order chi connectivity index (χ0) is 10.8. The van der Waals surface area contributed by atoms with Gasteiger partial charge in [0.2, 0.25) is 0 Å². The van der Waals surface area contributed by atoms with E-state index in [1.807, 2.05) is 12.1 Å². The highest BCUT2D eigenvalue weighted by atomic mass is 35.6. The molecule has 0 atom stereocenters. The third kappa shape index (κ3) is 3.44. The molecular weight excluding hydrogens is 210 g/mol. The highest BCUT2D eigenvalue weighted by molar-refractivity contribution is 7.13.